The number of hydrogen-bond donors (Lipinski definition) is 1. The third-order valence-corrected chi connectivity index (χ3v) is 3.59. The highest BCUT2D eigenvalue weighted by atomic mass is 19.3. The van der Waals surface area contributed by atoms with Crippen LogP contribution in [0.1, 0.15) is 42.4 Å². The van der Waals surface area contributed by atoms with Gasteiger partial charge in [0.05, 0.1) is 6.54 Å². The van der Waals surface area contributed by atoms with E-state index in [1.807, 2.05) is 20.8 Å². The van der Waals surface area contributed by atoms with Gasteiger partial charge in [0.15, 0.2) is 0 Å². The number of alkyl halides is 2. The first kappa shape index (κ1) is 18.9. The number of amides is 1. The van der Waals surface area contributed by atoms with E-state index in [0.717, 1.165) is 0 Å². The molecule has 0 spiro atoms. The molecular weight excluding hydrogens is 336 g/mol. The summed E-state index contributed by atoms with van der Waals surface area (Å²) < 4.78 is 54.6. The zero-order chi connectivity index (χ0) is 18.8. The smallest absolute Gasteiger partial charge is 0.290 e. The highest BCUT2D eigenvalue weighted by molar-refractivity contribution is 5.94. The van der Waals surface area contributed by atoms with E-state index in [1.165, 1.54) is 6.20 Å². The summed E-state index contributed by atoms with van der Waals surface area (Å²) in [4.78, 5) is 16.2. The zero-order valence-electron chi connectivity index (χ0n) is 14.0. The number of carbonyl (C=O) groups excluding carboxylic acids is 1. The largest absolute Gasteiger partial charge is 0.344 e. The Morgan fingerprint density at radius 2 is 1.72 bits per heavy atom. The molecule has 2 aromatic rings. The molecule has 0 aliphatic carbocycles. The molecule has 1 N–H and O–H groups in total. The number of pyridine rings is 1. The molecular formula is C18H18F4N2O. The fraction of sp³-hybridized carbons (Fsp3) is 0.333. The average Bonchev–Trinajstić information content (AvgIpc) is 2.51. The first-order valence-corrected chi connectivity index (χ1v) is 7.59. The molecule has 0 aliphatic heterocycles. The average molecular weight is 354 g/mol. The van der Waals surface area contributed by atoms with Gasteiger partial charge in [0.25, 0.3) is 11.8 Å². The van der Waals surface area contributed by atoms with E-state index < -0.39 is 41.0 Å². The Labute approximate surface area is 143 Å². The van der Waals surface area contributed by atoms with Gasteiger partial charge in [-0.1, -0.05) is 26.8 Å². The lowest BCUT2D eigenvalue weighted by molar-refractivity contribution is -0.00310. The van der Waals surface area contributed by atoms with E-state index in [1.54, 1.807) is 12.1 Å². The number of benzene rings is 1. The highest BCUT2D eigenvalue weighted by Crippen LogP contribution is 2.29. The van der Waals surface area contributed by atoms with Gasteiger partial charge >= 0.3 is 0 Å². The van der Waals surface area contributed by atoms with Crippen molar-refractivity contribution in [3.05, 3.63) is 65.0 Å². The second kappa shape index (κ2) is 6.82. The first-order valence-electron chi connectivity index (χ1n) is 7.59. The Balaban J connectivity index is 2.20. The number of carbonyl (C=O) groups is 1. The van der Waals surface area contributed by atoms with Crippen molar-refractivity contribution < 1.29 is 22.4 Å². The summed E-state index contributed by atoms with van der Waals surface area (Å²) in [5.41, 5.74) is -0.610. The van der Waals surface area contributed by atoms with E-state index in [-0.39, 0.29) is 5.69 Å². The van der Waals surface area contributed by atoms with E-state index >= 15 is 0 Å². The summed E-state index contributed by atoms with van der Waals surface area (Å²) in [7, 11) is 0. The molecule has 0 bridgehead atoms. The Morgan fingerprint density at radius 1 is 1.12 bits per heavy atom. The normalized spacial score (nSPS) is 12.1. The lowest BCUT2D eigenvalue weighted by atomic mass is 9.85. The van der Waals surface area contributed by atoms with Gasteiger partial charge in [-0.15, -0.1) is 0 Å². The van der Waals surface area contributed by atoms with E-state index in [0.29, 0.717) is 23.8 Å². The fourth-order valence-corrected chi connectivity index (χ4v) is 2.33. The second-order valence-corrected chi connectivity index (χ2v) is 6.69. The molecule has 1 aromatic carbocycles. The highest BCUT2D eigenvalue weighted by Gasteiger charge is 2.34. The van der Waals surface area contributed by atoms with Crippen LogP contribution in [0.5, 0.6) is 0 Å². The predicted molar refractivity (Wildman–Crippen MR) is 85.5 cm³/mol. The van der Waals surface area contributed by atoms with Crippen molar-refractivity contribution in [2.45, 2.75) is 32.1 Å². The molecule has 0 aliphatic rings. The Kier molecular flexibility index (Phi) is 5.15. The molecule has 3 nitrogen and oxygen atoms in total. The van der Waals surface area contributed by atoms with Crippen LogP contribution < -0.4 is 5.32 Å². The van der Waals surface area contributed by atoms with Crippen molar-refractivity contribution >= 4 is 5.91 Å². The molecule has 0 unspecified atom stereocenters. The second-order valence-electron chi connectivity index (χ2n) is 6.69. The minimum Gasteiger partial charge on any atom is -0.344 e. The minimum absolute atomic E-state index is 0.0382. The molecule has 0 fully saturated rings. The van der Waals surface area contributed by atoms with Crippen molar-refractivity contribution in [1.82, 2.24) is 10.3 Å². The summed E-state index contributed by atoms with van der Waals surface area (Å²) in [5.74, 6) is -6.63. The Hall–Kier alpha value is -2.44. The monoisotopic (exact) mass is 354 g/mol. The van der Waals surface area contributed by atoms with Gasteiger partial charge in [0, 0.05) is 17.8 Å². The van der Waals surface area contributed by atoms with Crippen LogP contribution in [-0.2, 0) is 11.3 Å². The van der Waals surface area contributed by atoms with Crippen LogP contribution in [0.15, 0.2) is 36.5 Å². The zero-order valence-corrected chi connectivity index (χ0v) is 14.0. The maximum atomic E-state index is 14.2. The molecule has 1 aromatic heterocycles. The molecule has 1 heterocycles. The van der Waals surface area contributed by atoms with Crippen molar-refractivity contribution in [2.24, 2.45) is 0 Å². The SMILES string of the molecule is CC(C)(C)c1cccnc1C(=O)NCC(F)(F)c1cc(F)cc(F)c1. The summed E-state index contributed by atoms with van der Waals surface area (Å²) in [5, 5.41) is 2.09. The quantitative estimate of drug-likeness (QED) is 0.837. The van der Waals surface area contributed by atoms with Crippen molar-refractivity contribution in [1.29, 1.82) is 0 Å². The van der Waals surface area contributed by atoms with E-state index in [2.05, 4.69) is 10.3 Å². The van der Waals surface area contributed by atoms with Gasteiger partial charge in [-0.2, -0.15) is 8.78 Å². The maximum absolute atomic E-state index is 14.2. The van der Waals surface area contributed by atoms with Crippen LogP contribution >= 0.6 is 0 Å². The van der Waals surface area contributed by atoms with Crippen LogP contribution in [0.25, 0.3) is 0 Å². The molecule has 7 heteroatoms. The Bertz CT molecular complexity index is 765. The maximum Gasteiger partial charge on any atom is 0.290 e. The van der Waals surface area contributed by atoms with Crippen molar-refractivity contribution in [3.63, 3.8) is 0 Å². The summed E-state index contributed by atoms with van der Waals surface area (Å²) in [6.45, 7) is 4.50. The molecule has 0 atom stereocenters. The van der Waals surface area contributed by atoms with E-state index in [9.17, 15) is 22.4 Å². The van der Waals surface area contributed by atoms with Gasteiger partial charge in [-0.05, 0) is 29.2 Å². The molecule has 25 heavy (non-hydrogen) atoms. The number of rotatable bonds is 4. The number of aromatic nitrogens is 1. The summed E-state index contributed by atoms with van der Waals surface area (Å²) in [6, 6.07) is 4.93. The number of halogens is 4. The fourth-order valence-electron chi connectivity index (χ4n) is 2.33. The van der Waals surface area contributed by atoms with Crippen LogP contribution in [0, 0.1) is 11.6 Å². The molecule has 134 valence electrons. The summed E-state index contributed by atoms with van der Waals surface area (Å²) >= 11 is 0. The van der Waals surface area contributed by atoms with E-state index in [4.69, 9.17) is 0 Å². The van der Waals surface area contributed by atoms with Crippen molar-refractivity contribution in [2.75, 3.05) is 6.54 Å². The topological polar surface area (TPSA) is 42.0 Å². The molecule has 0 saturated heterocycles. The van der Waals surface area contributed by atoms with Crippen molar-refractivity contribution in [3.8, 4) is 0 Å². The predicted octanol–water partition coefficient (Wildman–Crippen LogP) is 4.18. The lowest BCUT2D eigenvalue weighted by Gasteiger charge is -2.22. The number of nitrogens with zero attached hydrogens (tertiary/aromatic N) is 1. The molecule has 2 rings (SSSR count). The number of hydrogen-bond acceptors (Lipinski definition) is 2. The minimum atomic E-state index is -3.63. The van der Waals surface area contributed by atoms with Crippen LogP contribution in [0.3, 0.4) is 0 Å². The third kappa shape index (κ3) is 4.55. The van der Waals surface area contributed by atoms with Gasteiger partial charge < -0.3 is 5.32 Å². The van der Waals surface area contributed by atoms with Gasteiger partial charge in [0.2, 0.25) is 0 Å². The molecule has 0 radical (unpaired) electrons. The van der Waals surface area contributed by atoms with Gasteiger partial charge in [-0.3, -0.25) is 9.78 Å². The molecule has 1 amide bonds. The van der Waals surface area contributed by atoms with Gasteiger partial charge in [0.1, 0.15) is 17.3 Å². The van der Waals surface area contributed by atoms with Crippen LogP contribution in [-0.4, -0.2) is 17.4 Å². The summed E-state index contributed by atoms with van der Waals surface area (Å²) in [6.07, 6.45) is 1.39. The van der Waals surface area contributed by atoms with Gasteiger partial charge in [-0.25, -0.2) is 8.78 Å². The van der Waals surface area contributed by atoms with Crippen LogP contribution in [0.4, 0.5) is 17.6 Å². The first-order chi connectivity index (χ1) is 11.5. The standard InChI is InChI=1S/C18H18F4N2O/c1-17(2,3)14-5-4-6-23-15(14)16(25)24-10-18(21,22)11-7-12(19)9-13(20)8-11/h4-9H,10H2,1-3H3,(H,24,25). The third-order valence-electron chi connectivity index (χ3n) is 3.59. The molecule has 0 saturated carbocycles. The lowest BCUT2D eigenvalue weighted by Crippen LogP contribution is -2.36. The Morgan fingerprint density at radius 3 is 2.28 bits per heavy atom. The number of nitrogens with one attached hydrogen (secondary N) is 1. The van der Waals surface area contributed by atoms with Crippen LogP contribution in [0.2, 0.25) is 0 Å².